The van der Waals surface area contributed by atoms with Crippen LogP contribution in [0.3, 0.4) is 0 Å². The molecule has 0 saturated carbocycles. The van der Waals surface area contributed by atoms with Gasteiger partial charge in [0.15, 0.2) is 11.7 Å². The average molecular weight is 487 g/mol. The molecule has 0 spiro atoms. The van der Waals surface area contributed by atoms with E-state index in [1.807, 2.05) is 48.5 Å². The van der Waals surface area contributed by atoms with E-state index in [9.17, 15) is 14.4 Å². The van der Waals surface area contributed by atoms with Crippen molar-refractivity contribution in [1.29, 1.82) is 0 Å². The third-order valence-corrected chi connectivity index (χ3v) is 5.60. The highest BCUT2D eigenvalue weighted by atomic mass is 16.6. The van der Waals surface area contributed by atoms with E-state index >= 15 is 0 Å². The normalized spacial score (nSPS) is 11.4. The summed E-state index contributed by atoms with van der Waals surface area (Å²) in [4.78, 5) is 39.8. The number of rotatable bonds is 11. The molecule has 0 aliphatic heterocycles. The third-order valence-electron chi connectivity index (χ3n) is 5.60. The zero-order chi connectivity index (χ0) is 25.9. The van der Waals surface area contributed by atoms with Crippen molar-refractivity contribution >= 4 is 23.3 Å². The monoisotopic (exact) mass is 486 g/mol. The third kappa shape index (κ3) is 6.48. The van der Waals surface area contributed by atoms with Gasteiger partial charge < -0.3 is 14.2 Å². The summed E-state index contributed by atoms with van der Waals surface area (Å²) in [7, 11) is 1.57. The second kappa shape index (κ2) is 13.0. The maximum Gasteiger partial charge on any atom is 0.324 e. The molecule has 0 N–H and O–H groups in total. The van der Waals surface area contributed by atoms with E-state index < -0.39 is 17.9 Å². The Hall–Kier alpha value is -4.19. The maximum atomic E-state index is 13.4. The summed E-state index contributed by atoms with van der Waals surface area (Å²) in [5, 5.41) is 0. The Morgan fingerprint density at radius 1 is 0.667 bits per heavy atom. The number of Topliss-reactive ketones (excluding diaryl/α,β-unsaturated/α-hetero) is 1. The predicted octanol–water partition coefficient (Wildman–Crippen LogP) is 5.51. The zero-order valence-corrected chi connectivity index (χ0v) is 20.7. The molecule has 0 bridgehead atoms. The highest BCUT2D eigenvalue weighted by molar-refractivity contribution is 6.06. The summed E-state index contributed by atoms with van der Waals surface area (Å²) in [5.74, 6) is -2.50. The number of carbonyl (C=O) groups is 3. The van der Waals surface area contributed by atoms with Crippen LogP contribution in [0.1, 0.15) is 41.8 Å². The predicted molar refractivity (Wildman–Crippen MR) is 138 cm³/mol. The van der Waals surface area contributed by atoms with Crippen LogP contribution < -0.4 is 4.74 Å². The molecule has 0 heterocycles. The molecule has 0 amide bonds. The van der Waals surface area contributed by atoms with E-state index in [1.54, 1.807) is 57.4 Å². The van der Waals surface area contributed by atoms with E-state index in [1.165, 1.54) is 0 Å². The van der Waals surface area contributed by atoms with Crippen molar-refractivity contribution in [2.75, 3.05) is 20.3 Å². The van der Waals surface area contributed by atoms with Gasteiger partial charge in [-0.1, -0.05) is 72.8 Å². The van der Waals surface area contributed by atoms with Crippen molar-refractivity contribution in [3.63, 3.8) is 0 Å². The molecule has 6 nitrogen and oxygen atoms in total. The second-order valence-corrected chi connectivity index (χ2v) is 7.90. The summed E-state index contributed by atoms with van der Waals surface area (Å²) < 4.78 is 15.9. The fourth-order valence-electron chi connectivity index (χ4n) is 3.97. The standard InChI is InChI=1S/C30H30O6/c1-4-35-29(32)28(30(33)36-5-2)25(20-26(31)21-12-8-6-9-13-21)27(22-14-10-7-11-15-22)23-16-18-24(34-3)19-17-23/h6-19,28H,4-5,20H2,1-3H3/b27-25-. The molecule has 0 radical (unpaired) electrons. The van der Waals surface area contributed by atoms with Crippen LogP contribution in [0.5, 0.6) is 5.75 Å². The highest BCUT2D eigenvalue weighted by Crippen LogP contribution is 2.35. The fraction of sp³-hybridized carbons (Fsp3) is 0.233. The Kier molecular flexibility index (Phi) is 9.57. The molecule has 6 heteroatoms. The lowest BCUT2D eigenvalue weighted by Gasteiger charge is -2.22. The van der Waals surface area contributed by atoms with E-state index in [0.717, 1.165) is 11.1 Å². The molecule has 36 heavy (non-hydrogen) atoms. The minimum Gasteiger partial charge on any atom is -0.497 e. The number of ketones is 1. The Morgan fingerprint density at radius 2 is 1.14 bits per heavy atom. The van der Waals surface area contributed by atoms with Crippen LogP contribution in [-0.4, -0.2) is 38.0 Å². The highest BCUT2D eigenvalue weighted by Gasteiger charge is 2.37. The lowest BCUT2D eigenvalue weighted by atomic mass is 9.83. The minimum absolute atomic E-state index is 0.0812. The molecule has 186 valence electrons. The van der Waals surface area contributed by atoms with Crippen LogP contribution in [0.15, 0.2) is 90.5 Å². The van der Waals surface area contributed by atoms with E-state index in [2.05, 4.69) is 0 Å². The van der Waals surface area contributed by atoms with Crippen molar-refractivity contribution in [3.05, 3.63) is 107 Å². The number of carbonyl (C=O) groups excluding carboxylic acids is 3. The van der Waals surface area contributed by atoms with Crippen LogP contribution in [0.25, 0.3) is 5.57 Å². The number of methoxy groups -OCH3 is 1. The van der Waals surface area contributed by atoms with Gasteiger partial charge in [-0.15, -0.1) is 0 Å². The first-order valence-electron chi connectivity index (χ1n) is 11.8. The largest absolute Gasteiger partial charge is 0.497 e. The molecule has 0 unspecified atom stereocenters. The van der Waals surface area contributed by atoms with Gasteiger partial charge >= 0.3 is 11.9 Å². The summed E-state index contributed by atoms with van der Waals surface area (Å²) >= 11 is 0. The molecular formula is C30H30O6. The first-order chi connectivity index (χ1) is 17.5. The van der Waals surface area contributed by atoms with Crippen molar-refractivity contribution in [1.82, 2.24) is 0 Å². The van der Waals surface area contributed by atoms with Crippen LogP contribution >= 0.6 is 0 Å². The quantitative estimate of drug-likeness (QED) is 0.202. The summed E-state index contributed by atoms with van der Waals surface area (Å²) in [6.07, 6.45) is -0.178. The molecule has 3 aromatic carbocycles. The van der Waals surface area contributed by atoms with Gasteiger partial charge in [-0.25, -0.2) is 0 Å². The molecule has 3 aromatic rings. The molecule has 3 rings (SSSR count). The van der Waals surface area contributed by atoms with Crippen molar-refractivity contribution in [3.8, 4) is 5.75 Å². The molecule has 0 atom stereocenters. The number of ether oxygens (including phenoxy) is 3. The topological polar surface area (TPSA) is 78.9 Å². The SMILES string of the molecule is CCOC(=O)C(C(=O)OCC)/C(CC(=O)c1ccccc1)=C(/c1ccccc1)c1ccc(OC)cc1. The Morgan fingerprint density at radius 3 is 1.61 bits per heavy atom. The minimum atomic E-state index is -1.41. The number of benzene rings is 3. The van der Waals surface area contributed by atoms with Crippen LogP contribution in [-0.2, 0) is 19.1 Å². The number of hydrogen-bond acceptors (Lipinski definition) is 6. The lowest BCUT2D eigenvalue weighted by Crippen LogP contribution is -2.31. The van der Waals surface area contributed by atoms with Crippen molar-refractivity contribution in [2.45, 2.75) is 20.3 Å². The molecular weight excluding hydrogens is 456 g/mol. The number of esters is 2. The summed E-state index contributed by atoms with van der Waals surface area (Å²) in [5.41, 5.74) is 2.85. The van der Waals surface area contributed by atoms with Gasteiger partial charge in [0, 0.05) is 12.0 Å². The van der Waals surface area contributed by atoms with Gasteiger partial charge in [0.1, 0.15) is 5.75 Å². The van der Waals surface area contributed by atoms with Crippen molar-refractivity contribution in [2.24, 2.45) is 5.92 Å². The van der Waals surface area contributed by atoms with Crippen molar-refractivity contribution < 1.29 is 28.6 Å². The second-order valence-electron chi connectivity index (χ2n) is 7.90. The molecule has 0 aliphatic carbocycles. The first-order valence-corrected chi connectivity index (χ1v) is 11.8. The van der Waals surface area contributed by atoms with Crippen LogP contribution in [0.4, 0.5) is 0 Å². The smallest absolute Gasteiger partial charge is 0.324 e. The molecule has 0 fully saturated rings. The Bertz CT molecular complexity index is 1180. The van der Waals surface area contributed by atoms with E-state index in [0.29, 0.717) is 22.5 Å². The summed E-state index contributed by atoms with van der Waals surface area (Å²) in [6.45, 7) is 3.50. The van der Waals surface area contributed by atoms with Gasteiger partial charge in [0.2, 0.25) is 0 Å². The maximum absolute atomic E-state index is 13.4. The van der Waals surface area contributed by atoms with Gasteiger partial charge in [0.25, 0.3) is 0 Å². The van der Waals surface area contributed by atoms with Gasteiger partial charge in [-0.2, -0.15) is 0 Å². The first kappa shape index (κ1) is 26.4. The molecule has 0 aromatic heterocycles. The van der Waals surface area contributed by atoms with E-state index in [-0.39, 0.29) is 25.4 Å². The lowest BCUT2D eigenvalue weighted by molar-refractivity contribution is -0.159. The average Bonchev–Trinajstić information content (AvgIpc) is 2.90. The van der Waals surface area contributed by atoms with Crippen LogP contribution in [0, 0.1) is 5.92 Å². The van der Waals surface area contributed by atoms with E-state index in [4.69, 9.17) is 14.2 Å². The Labute approximate surface area is 211 Å². The molecule has 0 aliphatic rings. The fourth-order valence-corrected chi connectivity index (χ4v) is 3.97. The summed E-state index contributed by atoms with van der Waals surface area (Å²) in [6, 6.07) is 25.4. The number of hydrogen-bond donors (Lipinski definition) is 0. The zero-order valence-electron chi connectivity index (χ0n) is 20.7. The van der Waals surface area contributed by atoms with Crippen LogP contribution in [0.2, 0.25) is 0 Å². The Balaban J connectivity index is 2.31. The van der Waals surface area contributed by atoms with Gasteiger partial charge in [-0.05, 0) is 48.3 Å². The van der Waals surface area contributed by atoms with Gasteiger partial charge in [-0.3, -0.25) is 14.4 Å². The van der Waals surface area contributed by atoms with Gasteiger partial charge in [0.05, 0.1) is 20.3 Å². The molecule has 0 saturated heterocycles.